The van der Waals surface area contributed by atoms with E-state index >= 15 is 0 Å². The highest BCUT2D eigenvalue weighted by molar-refractivity contribution is 5.40. The number of alkyl halides is 2. The minimum atomic E-state index is -2.86. The summed E-state index contributed by atoms with van der Waals surface area (Å²) in [5, 5.41) is 21.6. The maximum atomic E-state index is 12.3. The fourth-order valence-corrected chi connectivity index (χ4v) is 1.88. The van der Waals surface area contributed by atoms with Crippen molar-refractivity contribution in [2.24, 2.45) is 0 Å². The van der Waals surface area contributed by atoms with Gasteiger partial charge in [-0.1, -0.05) is 24.3 Å². The molecular weight excluding hydrogens is 280 g/mol. The Bertz CT molecular complexity index is 605. The van der Waals surface area contributed by atoms with Gasteiger partial charge >= 0.3 is 6.61 Å². The number of phenolic OH excluding ortho intramolecular Hbond substituents is 2. The van der Waals surface area contributed by atoms with Gasteiger partial charge in [0, 0.05) is 18.7 Å². The molecule has 0 aliphatic heterocycles. The number of ether oxygens (including phenoxy) is 1. The van der Waals surface area contributed by atoms with Gasteiger partial charge in [-0.2, -0.15) is 8.78 Å². The molecule has 4 nitrogen and oxygen atoms in total. The second-order valence-electron chi connectivity index (χ2n) is 4.41. The predicted octanol–water partition coefficient (Wildman–Crippen LogP) is 2.99. The molecule has 0 atom stereocenters. The predicted molar refractivity (Wildman–Crippen MR) is 73.4 cm³/mol. The van der Waals surface area contributed by atoms with Crippen LogP contribution in [0.25, 0.3) is 0 Å². The van der Waals surface area contributed by atoms with E-state index in [1.165, 1.54) is 18.2 Å². The largest absolute Gasteiger partial charge is 0.504 e. The maximum Gasteiger partial charge on any atom is 0.387 e. The number of phenols is 2. The van der Waals surface area contributed by atoms with Crippen molar-refractivity contribution in [2.45, 2.75) is 19.7 Å². The molecule has 0 fully saturated rings. The van der Waals surface area contributed by atoms with Crippen LogP contribution in [-0.4, -0.2) is 16.8 Å². The van der Waals surface area contributed by atoms with Crippen LogP contribution in [0.2, 0.25) is 0 Å². The molecule has 2 aromatic rings. The quantitative estimate of drug-likeness (QED) is 0.717. The van der Waals surface area contributed by atoms with Gasteiger partial charge in [0.1, 0.15) is 5.75 Å². The topological polar surface area (TPSA) is 61.7 Å². The van der Waals surface area contributed by atoms with E-state index < -0.39 is 6.61 Å². The molecule has 0 saturated carbocycles. The van der Waals surface area contributed by atoms with Gasteiger partial charge in [0.15, 0.2) is 11.5 Å². The van der Waals surface area contributed by atoms with Gasteiger partial charge < -0.3 is 20.3 Å². The Morgan fingerprint density at radius 2 is 1.76 bits per heavy atom. The first-order valence-electron chi connectivity index (χ1n) is 6.30. The molecule has 2 aromatic carbocycles. The summed E-state index contributed by atoms with van der Waals surface area (Å²) < 4.78 is 29.0. The highest BCUT2D eigenvalue weighted by Crippen LogP contribution is 2.25. The van der Waals surface area contributed by atoms with Crippen LogP contribution < -0.4 is 10.1 Å². The van der Waals surface area contributed by atoms with Crippen LogP contribution in [0.1, 0.15) is 11.1 Å². The lowest BCUT2D eigenvalue weighted by Crippen LogP contribution is -2.14. The van der Waals surface area contributed by atoms with E-state index in [-0.39, 0.29) is 17.2 Å². The lowest BCUT2D eigenvalue weighted by molar-refractivity contribution is -0.0505. The zero-order chi connectivity index (χ0) is 15.2. The average Bonchev–Trinajstić information content (AvgIpc) is 2.44. The van der Waals surface area contributed by atoms with Gasteiger partial charge in [0.25, 0.3) is 0 Å². The molecule has 0 radical (unpaired) electrons. The van der Waals surface area contributed by atoms with Crippen LogP contribution >= 0.6 is 0 Å². The van der Waals surface area contributed by atoms with Gasteiger partial charge in [0.2, 0.25) is 0 Å². The summed E-state index contributed by atoms with van der Waals surface area (Å²) >= 11 is 0. The fourth-order valence-electron chi connectivity index (χ4n) is 1.88. The molecule has 0 heterocycles. The SMILES string of the molecule is Oc1ccc(CNCc2ccccc2OC(F)F)cc1O. The Kier molecular flexibility index (Phi) is 4.94. The normalized spacial score (nSPS) is 10.8. The first kappa shape index (κ1) is 15.1. The van der Waals surface area contributed by atoms with E-state index in [0.717, 1.165) is 5.56 Å². The smallest absolute Gasteiger partial charge is 0.387 e. The molecular formula is C15H15F2NO3. The van der Waals surface area contributed by atoms with Crippen molar-refractivity contribution in [1.29, 1.82) is 0 Å². The molecule has 0 aliphatic carbocycles. The lowest BCUT2D eigenvalue weighted by Gasteiger charge is -2.11. The second kappa shape index (κ2) is 6.90. The number of para-hydroxylation sites is 1. The third-order valence-electron chi connectivity index (χ3n) is 2.87. The highest BCUT2D eigenvalue weighted by Gasteiger charge is 2.08. The van der Waals surface area contributed by atoms with Gasteiger partial charge in [-0.05, 0) is 23.8 Å². The minimum absolute atomic E-state index is 0.133. The summed E-state index contributed by atoms with van der Waals surface area (Å²) in [7, 11) is 0. The molecule has 0 spiro atoms. The van der Waals surface area contributed by atoms with Crippen molar-refractivity contribution in [3.63, 3.8) is 0 Å². The van der Waals surface area contributed by atoms with Crippen molar-refractivity contribution in [3.8, 4) is 17.2 Å². The lowest BCUT2D eigenvalue weighted by atomic mass is 10.1. The summed E-state index contributed by atoms with van der Waals surface area (Å²) in [5.74, 6) is -0.251. The van der Waals surface area contributed by atoms with Crippen molar-refractivity contribution in [3.05, 3.63) is 53.6 Å². The van der Waals surface area contributed by atoms with Crippen molar-refractivity contribution in [2.75, 3.05) is 0 Å². The highest BCUT2D eigenvalue weighted by atomic mass is 19.3. The van der Waals surface area contributed by atoms with Crippen molar-refractivity contribution < 1.29 is 23.7 Å². The van der Waals surface area contributed by atoms with Crippen LogP contribution in [0.3, 0.4) is 0 Å². The van der Waals surface area contributed by atoms with Crippen LogP contribution in [0.5, 0.6) is 17.2 Å². The number of aromatic hydroxyl groups is 2. The summed E-state index contributed by atoms with van der Waals surface area (Å²) in [6.07, 6.45) is 0. The molecule has 0 amide bonds. The first-order chi connectivity index (χ1) is 10.1. The zero-order valence-corrected chi connectivity index (χ0v) is 11.1. The van der Waals surface area contributed by atoms with Gasteiger partial charge in [-0.15, -0.1) is 0 Å². The van der Waals surface area contributed by atoms with E-state index in [2.05, 4.69) is 10.1 Å². The molecule has 0 aromatic heterocycles. The maximum absolute atomic E-state index is 12.3. The Labute approximate surface area is 120 Å². The number of hydrogen-bond acceptors (Lipinski definition) is 4. The third kappa shape index (κ3) is 4.32. The van der Waals surface area contributed by atoms with Gasteiger partial charge in [-0.25, -0.2) is 0 Å². The molecule has 0 saturated heterocycles. The summed E-state index contributed by atoms with van der Waals surface area (Å²) in [5.41, 5.74) is 1.37. The average molecular weight is 295 g/mol. The third-order valence-corrected chi connectivity index (χ3v) is 2.87. The summed E-state index contributed by atoms with van der Waals surface area (Å²) in [6, 6.07) is 11.0. The van der Waals surface area contributed by atoms with E-state index in [1.54, 1.807) is 24.3 Å². The standard InChI is InChI=1S/C15H15F2NO3/c16-15(17)21-14-4-2-1-3-11(14)9-18-8-10-5-6-12(19)13(20)7-10/h1-7,15,18-20H,8-9H2. The van der Waals surface area contributed by atoms with Crippen LogP contribution in [0, 0.1) is 0 Å². The first-order valence-corrected chi connectivity index (χ1v) is 6.30. The van der Waals surface area contributed by atoms with Crippen LogP contribution in [-0.2, 0) is 13.1 Å². The number of hydrogen-bond donors (Lipinski definition) is 3. The monoisotopic (exact) mass is 295 g/mol. The van der Waals surface area contributed by atoms with Crippen LogP contribution in [0.15, 0.2) is 42.5 Å². The molecule has 2 rings (SSSR count). The van der Waals surface area contributed by atoms with Gasteiger partial charge in [0.05, 0.1) is 0 Å². The summed E-state index contributed by atoms with van der Waals surface area (Å²) in [6.45, 7) is -2.11. The molecule has 112 valence electrons. The Hall–Kier alpha value is -2.34. The number of halogens is 2. The van der Waals surface area contributed by atoms with E-state index in [9.17, 15) is 19.0 Å². The van der Waals surface area contributed by atoms with E-state index in [1.807, 2.05) is 0 Å². The molecule has 21 heavy (non-hydrogen) atoms. The Balaban J connectivity index is 1.95. The van der Waals surface area contributed by atoms with E-state index in [0.29, 0.717) is 18.7 Å². The van der Waals surface area contributed by atoms with Crippen molar-refractivity contribution >= 4 is 0 Å². The molecule has 0 aliphatic rings. The number of rotatable bonds is 6. The molecule has 3 N–H and O–H groups in total. The Morgan fingerprint density at radius 1 is 1.00 bits per heavy atom. The second-order valence-corrected chi connectivity index (χ2v) is 4.41. The van der Waals surface area contributed by atoms with E-state index in [4.69, 9.17) is 0 Å². The van der Waals surface area contributed by atoms with Crippen molar-refractivity contribution in [1.82, 2.24) is 5.32 Å². The number of nitrogens with one attached hydrogen (secondary N) is 1. The van der Waals surface area contributed by atoms with Gasteiger partial charge in [-0.3, -0.25) is 0 Å². The zero-order valence-electron chi connectivity index (χ0n) is 11.1. The minimum Gasteiger partial charge on any atom is -0.504 e. The molecule has 0 bridgehead atoms. The molecule has 6 heteroatoms. The number of benzene rings is 2. The Morgan fingerprint density at radius 3 is 2.48 bits per heavy atom. The fraction of sp³-hybridized carbons (Fsp3) is 0.200. The summed E-state index contributed by atoms with van der Waals surface area (Å²) in [4.78, 5) is 0. The van der Waals surface area contributed by atoms with Crippen LogP contribution in [0.4, 0.5) is 8.78 Å². The molecule has 0 unspecified atom stereocenters.